The summed E-state index contributed by atoms with van der Waals surface area (Å²) in [6, 6.07) is 0. The average molecular weight is 164 g/mol. The molecule has 1 saturated carbocycles. The van der Waals surface area contributed by atoms with Crippen molar-refractivity contribution >= 4 is 0 Å². The van der Waals surface area contributed by atoms with Crippen molar-refractivity contribution in [3.63, 3.8) is 0 Å². The highest BCUT2D eigenvalue weighted by Gasteiger charge is 2.56. The standard InChI is InChI=1S/C8H14F2O/c1-3-11-6(2)4-7-5-8(7,9)10/h6-7H,3-5H2,1-2H3. The van der Waals surface area contributed by atoms with Gasteiger partial charge in [-0.05, 0) is 20.3 Å². The van der Waals surface area contributed by atoms with Gasteiger partial charge in [-0.1, -0.05) is 0 Å². The van der Waals surface area contributed by atoms with E-state index in [0.717, 1.165) is 0 Å². The smallest absolute Gasteiger partial charge is 0.251 e. The average Bonchev–Trinajstić information content (AvgIpc) is 2.39. The van der Waals surface area contributed by atoms with Crippen LogP contribution in [0, 0.1) is 5.92 Å². The second-order valence-electron chi connectivity index (χ2n) is 3.16. The van der Waals surface area contributed by atoms with Crippen LogP contribution >= 0.6 is 0 Å². The van der Waals surface area contributed by atoms with Crippen molar-refractivity contribution in [2.75, 3.05) is 6.61 Å². The molecule has 1 fully saturated rings. The van der Waals surface area contributed by atoms with Gasteiger partial charge in [-0.2, -0.15) is 0 Å². The van der Waals surface area contributed by atoms with Gasteiger partial charge in [0.15, 0.2) is 0 Å². The van der Waals surface area contributed by atoms with Crippen molar-refractivity contribution in [1.82, 2.24) is 0 Å². The van der Waals surface area contributed by atoms with Crippen LogP contribution in [-0.2, 0) is 4.74 Å². The van der Waals surface area contributed by atoms with Gasteiger partial charge in [-0.25, -0.2) is 8.78 Å². The Morgan fingerprint density at radius 3 is 2.55 bits per heavy atom. The molecule has 0 amide bonds. The first-order valence-electron chi connectivity index (χ1n) is 4.05. The van der Waals surface area contributed by atoms with E-state index in [0.29, 0.717) is 13.0 Å². The molecule has 11 heavy (non-hydrogen) atoms. The molecule has 0 aliphatic heterocycles. The molecular formula is C8H14F2O. The van der Waals surface area contributed by atoms with E-state index in [4.69, 9.17) is 4.74 Å². The monoisotopic (exact) mass is 164 g/mol. The van der Waals surface area contributed by atoms with Gasteiger partial charge >= 0.3 is 0 Å². The van der Waals surface area contributed by atoms with Crippen LogP contribution in [0.3, 0.4) is 0 Å². The fourth-order valence-corrected chi connectivity index (χ4v) is 1.28. The molecule has 3 heteroatoms. The highest BCUT2D eigenvalue weighted by atomic mass is 19.3. The van der Waals surface area contributed by atoms with Crippen molar-refractivity contribution in [2.24, 2.45) is 5.92 Å². The first-order valence-corrected chi connectivity index (χ1v) is 4.05. The van der Waals surface area contributed by atoms with Gasteiger partial charge in [0, 0.05) is 18.9 Å². The highest BCUT2D eigenvalue weighted by molar-refractivity contribution is 4.95. The molecule has 0 spiro atoms. The van der Waals surface area contributed by atoms with E-state index in [1.54, 1.807) is 0 Å². The van der Waals surface area contributed by atoms with Gasteiger partial charge in [-0.15, -0.1) is 0 Å². The molecule has 1 rings (SSSR count). The zero-order chi connectivity index (χ0) is 8.48. The zero-order valence-electron chi connectivity index (χ0n) is 6.94. The van der Waals surface area contributed by atoms with Crippen LogP contribution in [0.25, 0.3) is 0 Å². The molecule has 0 aromatic carbocycles. The first kappa shape index (κ1) is 8.91. The number of rotatable bonds is 4. The van der Waals surface area contributed by atoms with Crippen LogP contribution in [0.1, 0.15) is 26.7 Å². The topological polar surface area (TPSA) is 9.23 Å². The first-order chi connectivity index (χ1) is 5.06. The lowest BCUT2D eigenvalue weighted by atomic mass is 10.2. The van der Waals surface area contributed by atoms with E-state index in [1.165, 1.54) is 0 Å². The maximum atomic E-state index is 12.3. The molecule has 0 N–H and O–H groups in total. The van der Waals surface area contributed by atoms with Crippen LogP contribution in [0.4, 0.5) is 8.78 Å². The van der Waals surface area contributed by atoms with Crippen LogP contribution in [0.2, 0.25) is 0 Å². The summed E-state index contributed by atoms with van der Waals surface area (Å²) in [7, 11) is 0. The van der Waals surface area contributed by atoms with Crippen molar-refractivity contribution in [1.29, 1.82) is 0 Å². The number of halogens is 2. The Labute approximate surface area is 65.7 Å². The Kier molecular flexibility index (Phi) is 2.47. The maximum Gasteiger partial charge on any atom is 0.251 e. The molecule has 0 aromatic rings. The zero-order valence-corrected chi connectivity index (χ0v) is 6.94. The fraction of sp³-hybridized carbons (Fsp3) is 1.00. The van der Waals surface area contributed by atoms with Crippen LogP contribution in [0.5, 0.6) is 0 Å². The second-order valence-corrected chi connectivity index (χ2v) is 3.16. The van der Waals surface area contributed by atoms with E-state index in [-0.39, 0.29) is 12.5 Å². The van der Waals surface area contributed by atoms with Gasteiger partial charge in [0.2, 0.25) is 0 Å². The SMILES string of the molecule is CCOC(C)CC1CC1(F)F. The summed E-state index contributed by atoms with van der Waals surface area (Å²) < 4.78 is 29.8. The number of alkyl halides is 2. The van der Waals surface area contributed by atoms with E-state index in [9.17, 15) is 8.78 Å². The van der Waals surface area contributed by atoms with Crippen molar-refractivity contribution in [3.05, 3.63) is 0 Å². The lowest BCUT2D eigenvalue weighted by Gasteiger charge is -2.09. The van der Waals surface area contributed by atoms with E-state index >= 15 is 0 Å². The molecule has 1 aliphatic carbocycles. The Hall–Kier alpha value is -0.180. The molecule has 1 nitrogen and oxygen atoms in total. The number of hydrogen-bond acceptors (Lipinski definition) is 1. The Morgan fingerprint density at radius 1 is 1.64 bits per heavy atom. The van der Waals surface area contributed by atoms with Gasteiger partial charge in [0.05, 0.1) is 6.10 Å². The molecule has 2 unspecified atom stereocenters. The molecule has 1 aliphatic rings. The van der Waals surface area contributed by atoms with Crippen molar-refractivity contribution in [2.45, 2.75) is 38.7 Å². The predicted molar refractivity (Wildman–Crippen MR) is 38.8 cm³/mol. The second kappa shape index (κ2) is 3.05. The Bertz CT molecular complexity index is 136. The van der Waals surface area contributed by atoms with Gasteiger partial charge in [0.25, 0.3) is 5.92 Å². The molecule has 0 aromatic heterocycles. The van der Waals surface area contributed by atoms with Gasteiger partial charge in [-0.3, -0.25) is 0 Å². The Morgan fingerprint density at radius 2 is 2.18 bits per heavy atom. The molecule has 2 atom stereocenters. The van der Waals surface area contributed by atoms with Crippen LogP contribution < -0.4 is 0 Å². The largest absolute Gasteiger partial charge is 0.379 e. The summed E-state index contributed by atoms with van der Waals surface area (Å²) in [5.74, 6) is -2.80. The van der Waals surface area contributed by atoms with Gasteiger partial charge in [0.1, 0.15) is 0 Å². The fourth-order valence-electron chi connectivity index (χ4n) is 1.28. The molecule has 0 bridgehead atoms. The number of ether oxygens (including phenoxy) is 1. The molecular weight excluding hydrogens is 150 g/mol. The lowest BCUT2D eigenvalue weighted by Crippen LogP contribution is -2.10. The summed E-state index contributed by atoms with van der Waals surface area (Å²) in [6.07, 6.45) is 0.545. The summed E-state index contributed by atoms with van der Waals surface area (Å²) in [4.78, 5) is 0. The number of hydrogen-bond donors (Lipinski definition) is 0. The highest BCUT2D eigenvalue weighted by Crippen LogP contribution is 2.51. The molecule has 66 valence electrons. The summed E-state index contributed by atoms with van der Waals surface area (Å²) in [5.41, 5.74) is 0. The van der Waals surface area contributed by atoms with Crippen LogP contribution in [0.15, 0.2) is 0 Å². The normalized spacial score (nSPS) is 30.0. The van der Waals surface area contributed by atoms with E-state index < -0.39 is 11.8 Å². The molecule has 0 heterocycles. The molecule has 0 saturated heterocycles. The lowest BCUT2D eigenvalue weighted by molar-refractivity contribution is 0.0431. The minimum Gasteiger partial charge on any atom is -0.379 e. The summed E-state index contributed by atoms with van der Waals surface area (Å²) >= 11 is 0. The van der Waals surface area contributed by atoms with Gasteiger partial charge < -0.3 is 4.74 Å². The minimum atomic E-state index is -2.38. The third-order valence-corrected chi connectivity index (χ3v) is 2.02. The third-order valence-electron chi connectivity index (χ3n) is 2.02. The van der Waals surface area contributed by atoms with E-state index in [2.05, 4.69) is 0 Å². The minimum absolute atomic E-state index is 0.0154. The van der Waals surface area contributed by atoms with E-state index in [1.807, 2.05) is 13.8 Å². The Balaban J connectivity index is 2.13. The summed E-state index contributed by atoms with van der Waals surface area (Å²) in [5, 5.41) is 0. The summed E-state index contributed by atoms with van der Waals surface area (Å²) in [6.45, 7) is 4.33. The van der Waals surface area contributed by atoms with Crippen LogP contribution in [-0.4, -0.2) is 18.6 Å². The van der Waals surface area contributed by atoms with Crippen molar-refractivity contribution < 1.29 is 13.5 Å². The molecule has 0 radical (unpaired) electrons. The van der Waals surface area contributed by atoms with Crippen molar-refractivity contribution in [3.8, 4) is 0 Å². The quantitative estimate of drug-likeness (QED) is 0.620. The maximum absolute atomic E-state index is 12.3. The predicted octanol–water partition coefficient (Wildman–Crippen LogP) is 2.46. The third kappa shape index (κ3) is 2.40.